The average molecular weight is 449 g/mol. The van der Waals surface area contributed by atoms with Crippen LogP contribution in [0.15, 0.2) is 12.2 Å². The molecule has 0 aliphatic carbocycles. The first-order valence-electron chi connectivity index (χ1n) is 13.2. The van der Waals surface area contributed by atoms with Gasteiger partial charge in [-0.1, -0.05) is 83.6 Å². The van der Waals surface area contributed by atoms with E-state index >= 15 is 0 Å². The summed E-state index contributed by atoms with van der Waals surface area (Å²) >= 11 is 0. The van der Waals surface area contributed by atoms with Crippen molar-refractivity contribution < 1.29 is 19.2 Å². The summed E-state index contributed by atoms with van der Waals surface area (Å²) < 4.78 is 0. The van der Waals surface area contributed by atoms with Gasteiger partial charge in [-0.2, -0.15) is 0 Å². The minimum absolute atomic E-state index is 0.219. The van der Waals surface area contributed by atoms with Gasteiger partial charge in [0.15, 0.2) is 17.3 Å². The summed E-state index contributed by atoms with van der Waals surface area (Å²) in [6, 6.07) is 0. The van der Waals surface area contributed by atoms with Crippen molar-refractivity contribution in [3.63, 3.8) is 0 Å². The molecule has 0 aromatic heterocycles. The summed E-state index contributed by atoms with van der Waals surface area (Å²) in [6.07, 6.45) is 24.3. The average Bonchev–Trinajstić information content (AvgIpc) is 2.77. The third-order valence-corrected chi connectivity index (χ3v) is 5.99. The number of carbonyl (C=O) groups is 4. The molecular weight excluding hydrogens is 400 g/mol. The number of allylic oxidation sites excluding steroid dienone is 2. The maximum Gasteiger partial charge on any atom is 0.198 e. The summed E-state index contributed by atoms with van der Waals surface area (Å²) in [5.74, 6) is 0.00721. The standard InChI is InChI=1S/C28H48O4/c1-3-26(30)21-18-16-19-23-27(31)22-17-14-12-10-8-6-4-5-7-9-11-13-15-20-24-28(32)25(2)29/h17,22H,3-16,18-21,23-24H2,1-2H3/b22-17+. The Morgan fingerprint density at radius 3 is 1.53 bits per heavy atom. The van der Waals surface area contributed by atoms with Crippen molar-refractivity contribution in [2.24, 2.45) is 0 Å². The Hall–Kier alpha value is -1.58. The monoisotopic (exact) mass is 448 g/mol. The van der Waals surface area contributed by atoms with Gasteiger partial charge in [-0.15, -0.1) is 0 Å². The van der Waals surface area contributed by atoms with Gasteiger partial charge in [0.05, 0.1) is 0 Å². The van der Waals surface area contributed by atoms with Gasteiger partial charge in [0.2, 0.25) is 0 Å². The van der Waals surface area contributed by atoms with Crippen LogP contribution in [0.5, 0.6) is 0 Å². The first-order chi connectivity index (χ1) is 15.5. The van der Waals surface area contributed by atoms with Gasteiger partial charge < -0.3 is 0 Å². The first-order valence-corrected chi connectivity index (χ1v) is 13.2. The second-order valence-electron chi connectivity index (χ2n) is 9.08. The van der Waals surface area contributed by atoms with Crippen molar-refractivity contribution in [2.45, 2.75) is 142 Å². The molecule has 0 heterocycles. The van der Waals surface area contributed by atoms with Crippen LogP contribution in [0.2, 0.25) is 0 Å². The minimum Gasteiger partial charge on any atom is -0.300 e. The van der Waals surface area contributed by atoms with Gasteiger partial charge >= 0.3 is 0 Å². The van der Waals surface area contributed by atoms with E-state index in [1.165, 1.54) is 64.7 Å². The molecular formula is C28H48O4. The number of unbranched alkanes of at least 4 members (excludes halogenated alkanes) is 14. The van der Waals surface area contributed by atoms with E-state index in [2.05, 4.69) is 0 Å². The molecule has 0 saturated carbocycles. The van der Waals surface area contributed by atoms with Gasteiger partial charge in [-0.05, 0) is 38.2 Å². The molecule has 0 atom stereocenters. The van der Waals surface area contributed by atoms with Crippen LogP contribution < -0.4 is 0 Å². The van der Waals surface area contributed by atoms with E-state index in [0.29, 0.717) is 31.5 Å². The van der Waals surface area contributed by atoms with Gasteiger partial charge in [0, 0.05) is 32.6 Å². The van der Waals surface area contributed by atoms with Crippen LogP contribution in [0.4, 0.5) is 0 Å². The van der Waals surface area contributed by atoms with Crippen LogP contribution in [0, 0.1) is 0 Å². The Labute approximate surface area is 197 Å². The lowest BCUT2D eigenvalue weighted by molar-refractivity contribution is -0.135. The number of Topliss-reactive ketones (excluding diaryl/α,β-unsaturated/α-hetero) is 3. The van der Waals surface area contributed by atoms with Crippen LogP contribution in [0.3, 0.4) is 0 Å². The predicted molar refractivity (Wildman–Crippen MR) is 133 cm³/mol. The second kappa shape index (κ2) is 22.6. The van der Waals surface area contributed by atoms with E-state index in [1.54, 1.807) is 6.08 Å². The molecule has 32 heavy (non-hydrogen) atoms. The maximum absolute atomic E-state index is 11.8. The lowest BCUT2D eigenvalue weighted by atomic mass is 10.0. The molecule has 0 bridgehead atoms. The van der Waals surface area contributed by atoms with Gasteiger partial charge in [0.1, 0.15) is 5.78 Å². The first kappa shape index (κ1) is 30.4. The lowest BCUT2D eigenvalue weighted by Crippen LogP contribution is -2.08. The highest BCUT2D eigenvalue weighted by Crippen LogP contribution is 2.13. The third-order valence-electron chi connectivity index (χ3n) is 5.99. The van der Waals surface area contributed by atoms with Gasteiger partial charge in [-0.25, -0.2) is 0 Å². The molecule has 4 heteroatoms. The predicted octanol–water partition coefficient (Wildman–Crippen LogP) is 7.66. The minimum atomic E-state index is -0.309. The molecule has 0 saturated heterocycles. The smallest absolute Gasteiger partial charge is 0.198 e. The van der Waals surface area contributed by atoms with Crippen LogP contribution in [0.25, 0.3) is 0 Å². The van der Waals surface area contributed by atoms with Crippen molar-refractivity contribution in [3.8, 4) is 0 Å². The van der Waals surface area contributed by atoms with E-state index in [1.807, 2.05) is 13.0 Å². The Bertz CT molecular complexity index is 548. The molecule has 0 N–H and O–H groups in total. The molecule has 184 valence electrons. The number of carbonyl (C=O) groups excluding carboxylic acids is 4. The summed E-state index contributed by atoms with van der Waals surface area (Å²) in [6.45, 7) is 3.25. The highest BCUT2D eigenvalue weighted by Gasteiger charge is 2.06. The van der Waals surface area contributed by atoms with Crippen molar-refractivity contribution in [1.29, 1.82) is 0 Å². The SMILES string of the molecule is CCC(=O)CCCCCC(=O)/C=C/CCCCCCCCCCCCCCC(=O)C(C)=O. The molecule has 0 aliphatic rings. The maximum atomic E-state index is 11.8. The van der Waals surface area contributed by atoms with E-state index in [9.17, 15) is 19.2 Å². The molecule has 0 radical (unpaired) electrons. The van der Waals surface area contributed by atoms with Crippen LogP contribution in [0.1, 0.15) is 142 Å². The van der Waals surface area contributed by atoms with E-state index in [-0.39, 0.29) is 17.3 Å². The molecule has 4 nitrogen and oxygen atoms in total. The fourth-order valence-corrected chi connectivity index (χ4v) is 3.76. The molecule has 0 rings (SSSR count). The summed E-state index contributed by atoms with van der Waals surface area (Å²) in [5.41, 5.74) is 0. The Balaban J connectivity index is 3.30. The Kier molecular flexibility index (Phi) is 21.5. The second-order valence-corrected chi connectivity index (χ2v) is 9.08. The molecule has 0 spiro atoms. The summed E-state index contributed by atoms with van der Waals surface area (Å²) in [7, 11) is 0. The highest BCUT2D eigenvalue weighted by atomic mass is 16.2. The topological polar surface area (TPSA) is 68.3 Å². The fraction of sp³-hybridized carbons (Fsp3) is 0.786. The molecule has 0 unspecified atom stereocenters. The van der Waals surface area contributed by atoms with Crippen LogP contribution in [-0.2, 0) is 19.2 Å². The van der Waals surface area contributed by atoms with Crippen LogP contribution >= 0.6 is 0 Å². The van der Waals surface area contributed by atoms with Gasteiger partial charge in [-0.3, -0.25) is 19.2 Å². The van der Waals surface area contributed by atoms with Crippen LogP contribution in [-0.4, -0.2) is 23.1 Å². The zero-order valence-corrected chi connectivity index (χ0v) is 20.9. The van der Waals surface area contributed by atoms with Crippen molar-refractivity contribution in [2.75, 3.05) is 0 Å². The van der Waals surface area contributed by atoms with Gasteiger partial charge in [0.25, 0.3) is 0 Å². The van der Waals surface area contributed by atoms with E-state index in [4.69, 9.17) is 0 Å². The number of rotatable bonds is 24. The largest absolute Gasteiger partial charge is 0.300 e. The van der Waals surface area contributed by atoms with Crippen molar-refractivity contribution in [1.82, 2.24) is 0 Å². The van der Waals surface area contributed by atoms with E-state index < -0.39 is 0 Å². The number of hydrogen-bond acceptors (Lipinski definition) is 4. The van der Waals surface area contributed by atoms with E-state index in [0.717, 1.165) is 44.9 Å². The zero-order valence-electron chi connectivity index (χ0n) is 20.9. The number of hydrogen-bond donors (Lipinski definition) is 0. The molecule has 0 amide bonds. The molecule has 0 aromatic rings. The van der Waals surface area contributed by atoms with Crippen molar-refractivity contribution in [3.05, 3.63) is 12.2 Å². The molecule has 0 fully saturated rings. The molecule has 0 aromatic carbocycles. The number of ketones is 4. The summed E-state index contributed by atoms with van der Waals surface area (Å²) in [5, 5.41) is 0. The third kappa shape index (κ3) is 21.6. The lowest BCUT2D eigenvalue weighted by Gasteiger charge is -2.03. The van der Waals surface area contributed by atoms with Crippen molar-refractivity contribution >= 4 is 23.1 Å². The Morgan fingerprint density at radius 2 is 1.00 bits per heavy atom. The molecule has 0 aliphatic heterocycles. The quantitative estimate of drug-likeness (QED) is 0.0863. The Morgan fingerprint density at radius 1 is 0.562 bits per heavy atom. The fourth-order valence-electron chi connectivity index (χ4n) is 3.76. The highest BCUT2D eigenvalue weighted by molar-refractivity contribution is 6.36. The summed E-state index contributed by atoms with van der Waals surface area (Å²) in [4.78, 5) is 45.1. The zero-order chi connectivity index (χ0) is 23.9. The normalized spacial score (nSPS) is 11.2.